The summed E-state index contributed by atoms with van der Waals surface area (Å²) in [5.41, 5.74) is 6.86. The van der Waals surface area contributed by atoms with E-state index in [4.69, 9.17) is 10.5 Å². The Morgan fingerprint density at radius 2 is 1.89 bits per heavy atom. The van der Waals surface area contributed by atoms with Crippen LogP contribution in [0, 0.1) is 45.3 Å². The molecule has 0 saturated heterocycles. The van der Waals surface area contributed by atoms with Gasteiger partial charge in [-0.3, -0.25) is 0 Å². The molecule has 0 bridgehead atoms. The average Bonchev–Trinajstić information content (AvgIpc) is 2.74. The third kappa shape index (κ3) is 3.12. The molecule has 2 aliphatic rings. The molecule has 0 radical (unpaired) electrons. The number of rotatable bonds is 5. The zero-order chi connectivity index (χ0) is 20.1. The van der Waals surface area contributed by atoms with Gasteiger partial charge in [-0.05, 0) is 54.9 Å². The van der Waals surface area contributed by atoms with Gasteiger partial charge in [-0.25, -0.2) is 0 Å². The van der Waals surface area contributed by atoms with Crippen molar-refractivity contribution in [1.82, 2.24) is 0 Å². The monoisotopic (exact) mass is 372 g/mol. The normalized spacial score (nSPS) is 22.9. The summed E-state index contributed by atoms with van der Waals surface area (Å²) in [4.78, 5) is 0. The topological polar surface area (TPSA) is 107 Å². The van der Waals surface area contributed by atoms with E-state index in [2.05, 4.69) is 31.2 Å². The van der Waals surface area contributed by atoms with E-state index in [1.807, 2.05) is 24.3 Å². The SMILES string of the molecule is CCCCOc1ccc([C@@H]2[C@@H]3CCCC=C3C(N)=C(C#N)C2(C#N)C#N)cc1. The van der Waals surface area contributed by atoms with Gasteiger partial charge in [-0.2, -0.15) is 15.8 Å². The van der Waals surface area contributed by atoms with Gasteiger partial charge in [-0.1, -0.05) is 31.6 Å². The van der Waals surface area contributed by atoms with Crippen molar-refractivity contribution < 1.29 is 4.74 Å². The molecule has 0 heterocycles. The second-order valence-corrected chi connectivity index (χ2v) is 7.38. The van der Waals surface area contributed by atoms with Crippen LogP contribution in [0.5, 0.6) is 5.75 Å². The number of hydrogen-bond donors (Lipinski definition) is 1. The lowest BCUT2D eigenvalue weighted by molar-refractivity contribution is 0.307. The molecule has 2 aliphatic carbocycles. The maximum absolute atomic E-state index is 10.0. The second-order valence-electron chi connectivity index (χ2n) is 7.38. The van der Waals surface area contributed by atoms with Crippen LogP contribution >= 0.6 is 0 Å². The Balaban J connectivity index is 2.08. The number of nitriles is 3. The highest BCUT2D eigenvalue weighted by Crippen LogP contribution is 2.56. The molecule has 0 amide bonds. The van der Waals surface area contributed by atoms with Crippen LogP contribution in [0.1, 0.15) is 50.5 Å². The summed E-state index contributed by atoms with van der Waals surface area (Å²) >= 11 is 0. The van der Waals surface area contributed by atoms with E-state index in [1.54, 1.807) is 0 Å². The molecule has 0 aliphatic heterocycles. The minimum absolute atomic E-state index is 0.0444. The van der Waals surface area contributed by atoms with Crippen molar-refractivity contribution >= 4 is 0 Å². The van der Waals surface area contributed by atoms with E-state index < -0.39 is 11.3 Å². The van der Waals surface area contributed by atoms with E-state index in [1.165, 1.54) is 0 Å². The van der Waals surface area contributed by atoms with Crippen LogP contribution in [0.4, 0.5) is 0 Å². The molecule has 0 spiro atoms. The van der Waals surface area contributed by atoms with Gasteiger partial charge in [0.15, 0.2) is 5.41 Å². The molecule has 0 fully saturated rings. The molecule has 5 heteroatoms. The fourth-order valence-electron chi connectivity index (χ4n) is 4.38. The summed E-state index contributed by atoms with van der Waals surface area (Å²) in [5, 5.41) is 29.8. The Kier molecular flexibility index (Phi) is 5.72. The molecule has 142 valence electrons. The zero-order valence-corrected chi connectivity index (χ0v) is 16.1. The highest BCUT2D eigenvalue weighted by atomic mass is 16.5. The number of benzene rings is 1. The van der Waals surface area contributed by atoms with Crippen molar-refractivity contribution in [2.24, 2.45) is 17.1 Å². The number of nitrogens with two attached hydrogens (primary N) is 1. The lowest BCUT2D eigenvalue weighted by Gasteiger charge is -2.43. The largest absolute Gasteiger partial charge is 0.494 e. The summed E-state index contributed by atoms with van der Waals surface area (Å²) < 4.78 is 5.74. The number of unbranched alkanes of at least 4 members (excludes halogenated alkanes) is 1. The van der Waals surface area contributed by atoms with Crippen LogP contribution in [0.2, 0.25) is 0 Å². The van der Waals surface area contributed by atoms with Gasteiger partial charge in [0.05, 0.1) is 36.1 Å². The molecule has 2 atom stereocenters. The molecule has 0 unspecified atom stereocenters. The fourth-order valence-corrected chi connectivity index (χ4v) is 4.38. The minimum atomic E-state index is -1.58. The first-order valence-corrected chi connectivity index (χ1v) is 9.79. The number of allylic oxidation sites excluding steroid dienone is 3. The van der Waals surface area contributed by atoms with Crippen LogP contribution < -0.4 is 10.5 Å². The lowest BCUT2D eigenvalue weighted by Crippen LogP contribution is -2.41. The summed E-state index contributed by atoms with van der Waals surface area (Å²) in [6.45, 7) is 2.77. The molecule has 1 aromatic rings. The molecule has 28 heavy (non-hydrogen) atoms. The van der Waals surface area contributed by atoms with Gasteiger partial charge < -0.3 is 10.5 Å². The van der Waals surface area contributed by atoms with Crippen LogP contribution in [0.3, 0.4) is 0 Å². The van der Waals surface area contributed by atoms with Crippen molar-refractivity contribution in [1.29, 1.82) is 15.8 Å². The Hall–Kier alpha value is -3.23. The van der Waals surface area contributed by atoms with Crippen molar-refractivity contribution in [2.45, 2.75) is 44.9 Å². The Bertz CT molecular complexity index is 907. The maximum atomic E-state index is 10.0. The maximum Gasteiger partial charge on any atom is 0.187 e. The van der Waals surface area contributed by atoms with Crippen molar-refractivity contribution in [3.8, 4) is 24.0 Å². The molecule has 0 saturated carbocycles. The van der Waals surface area contributed by atoms with Gasteiger partial charge in [0.1, 0.15) is 5.75 Å². The number of fused-ring (bicyclic) bond motifs is 1. The van der Waals surface area contributed by atoms with E-state index in [-0.39, 0.29) is 11.5 Å². The van der Waals surface area contributed by atoms with Crippen LogP contribution in [0.15, 0.2) is 47.2 Å². The fraction of sp³-hybridized carbons (Fsp3) is 0.435. The summed E-state index contributed by atoms with van der Waals surface area (Å²) in [7, 11) is 0. The first kappa shape index (κ1) is 19.5. The smallest absolute Gasteiger partial charge is 0.187 e. The predicted octanol–water partition coefficient (Wildman–Crippen LogP) is 4.46. The Morgan fingerprint density at radius 3 is 2.50 bits per heavy atom. The third-order valence-corrected chi connectivity index (χ3v) is 5.80. The van der Waals surface area contributed by atoms with Crippen LogP contribution in [-0.2, 0) is 0 Å². The van der Waals surface area contributed by atoms with Crippen molar-refractivity contribution in [2.75, 3.05) is 6.61 Å². The Morgan fingerprint density at radius 1 is 1.18 bits per heavy atom. The molecular formula is C23H24N4O. The van der Waals surface area contributed by atoms with Crippen molar-refractivity contribution in [3.05, 3.63) is 52.7 Å². The Labute approximate surface area is 166 Å². The van der Waals surface area contributed by atoms with Gasteiger partial charge >= 0.3 is 0 Å². The zero-order valence-electron chi connectivity index (χ0n) is 16.1. The van der Waals surface area contributed by atoms with Gasteiger partial charge in [0.2, 0.25) is 0 Å². The molecule has 5 nitrogen and oxygen atoms in total. The van der Waals surface area contributed by atoms with E-state index in [9.17, 15) is 15.8 Å². The second kappa shape index (κ2) is 8.20. The average molecular weight is 372 g/mol. The molecule has 3 rings (SSSR count). The minimum Gasteiger partial charge on any atom is -0.494 e. The van der Waals surface area contributed by atoms with Gasteiger partial charge in [0.25, 0.3) is 0 Å². The van der Waals surface area contributed by atoms with Gasteiger partial charge in [-0.15, -0.1) is 0 Å². The number of nitrogens with zero attached hydrogens (tertiary/aromatic N) is 3. The highest BCUT2D eigenvalue weighted by molar-refractivity contribution is 5.59. The molecule has 1 aromatic carbocycles. The molecule has 0 aromatic heterocycles. The number of hydrogen-bond acceptors (Lipinski definition) is 5. The number of ether oxygens (including phenoxy) is 1. The van der Waals surface area contributed by atoms with Crippen LogP contribution in [0.25, 0.3) is 0 Å². The predicted molar refractivity (Wildman–Crippen MR) is 105 cm³/mol. The molecular weight excluding hydrogens is 348 g/mol. The summed E-state index contributed by atoms with van der Waals surface area (Å²) in [5.74, 6) is 0.292. The summed E-state index contributed by atoms with van der Waals surface area (Å²) in [6.07, 6.45) is 6.83. The quantitative estimate of drug-likeness (QED) is 0.768. The van der Waals surface area contributed by atoms with Crippen molar-refractivity contribution in [3.63, 3.8) is 0 Å². The van der Waals surface area contributed by atoms with Gasteiger partial charge in [0, 0.05) is 5.92 Å². The van der Waals surface area contributed by atoms with E-state index >= 15 is 0 Å². The first-order chi connectivity index (χ1) is 13.6. The summed E-state index contributed by atoms with van der Waals surface area (Å²) in [6, 6.07) is 14.0. The molecule has 2 N–H and O–H groups in total. The van der Waals surface area contributed by atoms with Crippen LogP contribution in [-0.4, -0.2) is 6.61 Å². The lowest BCUT2D eigenvalue weighted by atomic mass is 9.56. The first-order valence-electron chi connectivity index (χ1n) is 9.79. The van der Waals surface area contributed by atoms with E-state index in [0.29, 0.717) is 12.3 Å². The van der Waals surface area contributed by atoms with E-state index in [0.717, 1.165) is 49.0 Å². The highest BCUT2D eigenvalue weighted by Gasteiger charge is 2.54. The third-order valence-electron chi connectivity index (χ3n) is 5.80. The standard InChI is InChI=1S/C23H24N4O/c1-2-3-12-28-17-10-8-16(9-11-17)21-18-6-4-5-7-19(18)22(27)20(13-24)23(21,14-25)15-26/h7-11,18,21H,2-6,12,27H2,1H3/t18-,21-/m1/s1.